The van der Waals surface area contributed by atoms with Crippen molar-refractivity contribution in [3.05, 3.63) is 0 Å². The molecule has 0 N–H and O–H groups in total. The van der Waals surface area contributed by atoms with Crippen molar-refractivity contribution >= 4 is 0 Å². The summed E-state index contributed by atoms with van der Waals surface area (Å²) < 4.78 is 0. The molecule has 0 amide bonds. The number of rotatable bonds is 0. The molecule has 0 spiro atoms. The molecule has 3 rings (SSSR count). The molecule has 0 aromatic rings. The highest BCUT2D eigenvalue weighted by Crippen LogP contribution is 2.58. The Balaban J connectivity index is 2.22. The van der Waals surface area contributed by atoms with Crippen molar-refractivity contribution in [2.24, 2.45) is 34.5 Å². The van der Waals surface area contributed by atoms with Crippen molar-refractivity contribution in [3.8, 4) is 0 Å². The van der Waals surface area contributed by atoms with Gasteiger partial charge in [-0.05, 0) is 53.8 Å². The molecule has 0 heterocycles. The average molecular weight is 222 g/mol. The van der Waals surface area contributed by atoms with E-state index < -0.39 is 0 Å². The van der Waals surface area contributed by atoms with E-state index in [1.165, 1.54) is 25.7 Å². The molecule has 94 valence electrons. The molecule has 3 saturated carbocycles. The van der Waals surface area contributed by atoms with Crippen molar-refractivity contribution in [3.63, 3.8) is 0 Å². The molecule has 3 aliphatic rings. The van der Waals surface area contributed by atoms with E-state index in [-0.39, 0.29) is 0 Å². The Labute approximate surface area is 102 Å². The largest absolute Gasteiger partial charge is 0.0599 e. The van der Waals surface area contributed by atoms with E-state index in [9.17, 15) is 0 Å². The Kier molecular flexibility index (Phi) is 2.92. The fraction of sp³-hybridized carbons (Fsp3) is 1.00. The Morgan fingerprint density at radius 3 is 1.44 bits per heavy atom. The van der Waals surface area contributed by atoms with Crippen LogP contribution in [-0.2, 0) is 0 Å². The number of fused-ring (bicyclic) bond motifs is 3. The topological polar surface area (TPSA) is 0 Å². The van der Waals surface area contributed by atoms with Gasteiger partial charge >= 0.3 is 0 Å². The Morgan fingerprint density at radius 2 is 1.12 bits per heavy atom. The van der Waals surface area contributed by atoms with Gasteiger partial charge in [-0.2, -0.15) is 0 Å². The van der Waals surface area contributed by atoms with E-state index in [4.69, 9.17) is 0 Å². The highest BCUT2D eigenvalue weighted by atomic mass is 14.5. The first-order chi connectivity index (χ1) is 7.19. The summed E-state index contributed by atoms with van der Waals surface area (Å²) in [6.07, 6.45) is 6.06. The van der Waals surface area contributed by atoms with Gasteiger partial charge in [-0.1, -0.05) is 48.0 Å². The van der Waals surface area contributed by atoms with Crippen molar-refractivity contribution < 1.29 is 0 Å². The molecule has 3 aliphatic carbocycles. The lowest BCUT2D eigenvalue weighted by atomic mass is 9.50. The van der Waals surface area contributed by atoms with E-state index in [1.54, 1.807) is 0 Å². The average Bonchev–Trinajstić information content (AvgIpc) is 2.15. The van der Waals surface area contributed by atoms with E-state index in [1.807, 2.05) is 0 Å². The van der Waals surface area contributed by atoms with Crippen molar-refractivity contribution in [2.45, 2.75) is 67.2 Å². The fourth-order valence-corrected chi connectivity index (χ4v) is 4.50. The molecule has 0 aliphatic heterocycles. The summed E-state index contributed by atoms with van der Waals surface area (Å²) in [5, 5.41) is 0. The molecule has 0 aromatic heterocycles. The van der Waals surface area contributed by atoms with Crippen LogP contribution in [0.3, 0.4) is 0 Å². The molecule has 0 nitrogen and oxygen atoms in total. The first-order valence-corrected chi connectivity index (χ1v) is 7.19. The van der Waals surface area contributed by atoms with Crippen LogP contribution in [0, 0.1) is 34.5 Å². The highest BCUT2D eigenvalue weighted by molar-refractivity contribution is 4.98. The molecule has 0 aromatic carbocycles. The smallest absolute Gasteiger partial charge is 0.0331 e. The van der Waals surface area contributed by atoms with Crippen LogP contribution in [0.4, 0.5) is 0 Å². The van der Waals surface area contributed by atoms with Gasteiger partial charge in [0.15, 0.2) is 0 Å². The van der Waals surface area contributed by atoms with Gasteiger partial charge in [0.25, 0.3) is 0 Å². The van der Waals surface area contributed by atoms with Crippen LogP contribution in [0.2, 0.25) is 0 Å². The zero-order chi connectivity index (χ0) is 12.1. The third-order valence-corrected chi connectivity index (χ3v) is 5.34. The van der Waals surface area contributed by atoms with Crippen LogP contribution >= 0.6 is 0 Å². The molecule has 16 heavy (non-hydrogen) atoms. The zero-order valence-electron chi connectivity index (χ0n) is 12.1. The minimum absolute atomic E-state index is 0.521. The molecular formula is C16H30. The van der Waals surface area contributed by atoms with Crippen LogP contribution in [0.5, 0.6) is 0 Å². The quantitative estimate of drug-likeness (QED) is 0.533. The molecule has 2 unspecified atom stereocenters. The monoisotopic (exact) mass is 222 g/mol. The van der Waals surface area contributed by atoms with Gasteiger partial charge in [0.1, 0.15) is 0 Å². The Bertz CT molecular complexity index is 226. The van der Waals surface area contributed by atoms with Gasteiger partial charge in [0, 0.05) is 0 Å². The molecule has 2 bridgehead atoms. The second kappa shape index (κ2) is 3.75. The van der Waals surface area contributed by atoms with E-state index in [2.05, 4.69) is 41.5 Å². The molecule has 0 saturated heterocycles. The van der Waals surface area contributed by atoms with Crippen molar-refractivity contribution in [1.82, 2.24) is 0 Å². The maximum atomic E-state index is 2.46. The van der Waals surface area contributed by atoms with Gasteiger partial charge in [0.05, 0.1) is 0 Å². The summed E-state index contributed by atoms with van der Waals surface area (Å²) in [4.78, 5) is 0. The van der Waals surface area contributed by atoms with Gasteiger partial charge in [-0.15, -0.1) is 0 Å². The van der Waals surface area contributed by atoms with E-state index in [0.717, 1.165) is 23.7 Å². The van der Waals surface area contributed by atoms with Gasteiger partial charge < -0.3 is 0 Å². The van der Waals surface area contributed by atoms with Gasteiger partial charge in [-0.3, -0.25) is 0 Å². The van der Waals surface area contributed by atoms with Crippen molar-refractivity contribution in [2.75, 3.05) is 0 Å². The summed E-state index contributed by atoms with van der Waals surface area (Å²) in [7, 11) is 0. The van der Waals surface area contributed by atoms with Crippen LogP contribution in [0.1, 0.15) is 67.2 Å². The molecule has 2 atom stereocenters. The number of hydrogen-bond donors (Lipinski definition) is 0. The van der Waals surface area contributed by atoms with Crippen LogP contribution in [-0.4, -0.2) is 0 Å². The second-order valence-electron chi connectivity index (χ2n) is 8.52. The maximum absolute atomic E-state index is 2.46. The Morgan fingerprint density at radius 1 is 0.688 bits per heavy atom. The zero-order valence-corrected chi connectivity index (χ0v) is 12.1. The molecule has 3 fully saturated rings. The summed E-state index contributed by atoms with van der Waals surface area (Å²) in [5.74, 6) is 4.00. The SMILES string of the molecule is CC(C)(C)C1CC2CCC1C(C(C)(C)C)C2. The molecule has 0 heteroatoms. The predicted octanol–water partition coefficient (Wildman–Crippen LogP) is 5.13. The predicted molar refractivity (Wildman–Crippen MR) is 71.3 cm³/mol. The summed E-state index contributed by atoms with van der Waals surface area (Å²) >= 11 is 0. The summed E-state index contributed by atoms with van der Waals surface area (Å²) in [5.41, 5.74) is 1.04. The minimum Gasteiger partial charge on any atom is -0.0599 e. The molecular weight excluding hydrogens is 192 g/mol. The van der Waals surface area contributed by atoms with Gasteiger partial charge in [-0.25, -0.2) is 0 Å². The fourth-order valence-electron chi connectivity index (χ4n) is 4.50. The summed E-state index contributed by atoms with van der Waals surface area (Å²) in [6.45, 7) is 14.7. The van der Waals surface area contributed by atoms with E-state index in [0.29, 0.717) is 10.8 Å². The lowest BCUT2D eigenvalue weighted by Gasteiger charge is -2.56. The van der Waals surface area contributed by atoms with E-state index >= 15 is 0 Å². The third kappa shape index (κ3) is 2.17. The normalized spacial score (nSPS) is 40.1. The lowest BCUT2D eigenvalue weighted by molar-refractivity contribution is -0.0606. The third-order valence-electron chi connectivity index (χ3n) is 5.34. The van der Waals surface area contributed by atoms with Crippen LogP contribution in [0.25, 0.3) is 0 Å². The Hall–Kier alpha value is 0. The lowest BCUT2D eigenvalue weighted by Crippen LogP contribution is -2.47. The highest BCUT2D eigenvalue weighted by Gasteiger charge is 2.49. The van der Waals surface area contributed by atoms with Crippen LogP contribution in [0.15, 0.2) is 0 Å². The summed E-state index contributed by atoms with van der Waals surface area (Å²) in [6, 6.07) is 0. The molecule has 0 radical (unpaired) electrons. The minimum atomic E-state index is 0.521. The first-order valence-electron chi connectivity index (χ1n) is 7.19. The van der Waals surface area contributed by atoms with Crippen molar-refractivity contribution in [1.29, 1.82) is 0 Å². The number of hydrogen-bond acceptors (Lipinski definition) is 0. The standard InChI is InChI=1S/C16H30/c1-15(2,3)13-9-11-7-8-12(13)14(10-11)16(4,5)6/h11-14H,7-10H2,1-6H3. The van der Waals surface area contributed by atoms with Crippen LogP contribution < -0.4 is 0 Å². The first kappa shape index (κ1) is 12.5. The van der Waals surface area contributed by atoms with Gasteiger partial charge in [0.2, 0.25) is 0 Å². The second-order valence-corrected chi connectivity index (χ2v) is 8.52. The maximum Gasteiger partial charge on any atom is -0.0331 e.